The Labute approximate surface area is 326 Å². The second kappa shape index (κ2) is 13.6. The number of rotatable bonds is 10. The van der Waals surface area contributed by atoms with Gasteiger partial charge in [-0.05, 0) is 134 Å². The number of ether oxygens (including phenoxy) is 1. The van der Waals surface area contributed by atoms with E-state index in [1.165, 1.54) is 16.1 Å². The number of carboxylic acid groups (broad SMARTS) is 1. The Balaban J connectivity index is 1.23. The van der Waals surface area contributed by atoms with Crippen molar-refractivity contribution in [3.05, 3.63) is 12.2 Å². The second-order valence-electron chi connectivity index (χ2n) is 21.7. The Bertz CT molecular complexity index is 1660. The number of allylic oxidation sites excluding steroid dienone is 1. The lowest BCUT2D eigenvalue weighted by molar-refractivity contribution is -0.292. The number of hydrogen-bond donors (Lipinski definition) is 2. The third kappa shape index (κ3) is 6.51. The Morgan fingerprint density at radius 1 is 0.870 bits per heavy atom. The van der Waals surface area contributed by atoms with Gasteiger partial charge in [0.25, 0.3) is 0 Å². The van der Waals surface area contributed by atoms with Crippen LogP contribution in [0.2, 0.25) is 0 Å². The quantitative estimate of drug-likeness (QED) is 0.169. The van der Waals surface area contributed by atoms with E-state index in [1.54, 1.807) is 0 Å². The van der Waals surface area contributed by atoms with E-state index in [1.807, 2.05) is 13.8 Å². The van der Waals surface area contributed by atoms with Gasteiger partial charge in [-0.25, -0.2) is 12.7 Å². The normalized spacial score (nSPS) is 43.2. The van der Waals surface area contributed by atoms with Gasteiger partial charge in [0.2, 0.25) is 15.9 Å². The van der Waals surface area contributed by atoms with Crippen LogP contribution in [0.1, 0.15) is 152 Å². The molecule has 0 aromatic carbocycles. The molecule has 6 rings (SSSR count). The third-order valence-corrected chi connectivity index (χ3v) is 19.5. The van der Waals surface area contributed by atoms with E-state index in [4.69, 9.17) is 4.74 Å². The first-order chi connectivity index (χ1) is 24.8. The zero-order valence-corrected chi connectivity index (χ0v) is 36.1. The number of carboxylic acids is 1. The van der Waals surface area contributed by atoms with Crippen molar-refractivity contribution in [1.82, 2.24) is 9.62 Å². The average molecular weight is 773 g/mol. The lowest BCUT2D eigenvalue weighted by atomic mass is 9.27. The van der Waals surface area contributed by atoms with Gasteiger partial charge in [0.1, 0.15) is 6.10 Å². The van der Waals surface area contributed by atoms with Crippen LogP contribution in [-0.4, -0.2) is 67.2 Å². The lowest BCUT2D eigenvalue weighted by Gasteiger charge is -2.77. The van der Waals surface area contributed by atoms with Crippen LogP contribution in [-0.2, 0) is 29.1 Å². The first-order valence-corrected chi connectivity index (χ1v) is 22.9. The van der Waals surface area contributed by atoms with Crippen LogP contribution in [0, 0.1) is 61.6 Å². The molecular formula is C44H72N2O7S. The fraction of sp³-hybridized carbons (Fsp3) is 0.886. The monoisotopic (exact) mass is 773 g/mol. The number of carbonyl (C=O) groups excluding carboxylic acids is 2. The largest absolute Gasteiger partial charge is 0.481 e. The van der Waals surface area contributed by atoms with Gasteiger partial charge in [-0.3, -0.25) is 14.4 Å². The van der Waals surface area contributed by atoms with E-state index in [0.29, 0.717) is 49.6 Å². The highest BCUT2D eigenvalue weighted by molar-refractivity contribution is 7.88. The fourth-order valence-corrected chi connectivity index (χ4v) is 15.9. The number of nitrogens with one attached hydrogen (secondary N) is 1. The minimum absolute atomic E-state index is 0.0575. The number of nitrogens with zero attached hydrogens (tertiary/aromatic N) is 1. The minimum Gasteiger partial charge on any atom is -0.481 e. The SMILES string of the molecule is C=C(C)[C@@H]1CC[C@]2(CC(=O)N[C@H]3CCN(S(C)(=O)=O)C3)CC[C@]3(C)[C@H](CC[C@@]4(C)[C@@]3(C)CC[C@H]3C(C)(C)[C@@H](OC(=O)CC(C)(C)CC(=O)O)CC[C@@]34C)[C@@H]12. The van der Waals surface area contributed by atoms with Gasteiger partial charge in [0.15, 0.2) is 0 Å². The summed E-state index contributed by atoms with van der Waals surface area (Å²) in [6.45, 7) is 26.3. The van der Waals surface area contributed by atoms with Crippen LogP contribution in [0.3, 0.4) is 0 Å². The Hall–Kier alpha value is -1.94. The molecule has 0 aromatic heterocycles. The fourth-order valence-electron chi connectivity index (χ4n) is 15.0. The number of esters is 1. The smallest absolute Gasteiger partial charge is 0.306 e. The highest BCUT2D eigenvalue weighted by Crippen LogP contribution is 2.81. The molecule has 306 valence electrons. The summed E-state index contributed by atoms with van der Waals surface area (Å²) in [7, 11) is -3.27. The molecule has 0 unspecified atom stereocenters. The average Bonchev–Trinajstić information content (AvgIpc) is 3.65. The number of fused-ring (bicyclic) bond motifs is 7. The van der Waals surface area contributed by atoms with Crippen LogP contribution in [0.15, 0.2) is 12.2 Å². The molecular weight excluding hydrogens is 701 g/mol. The molecule has 1 aliphatic heterocycles. The maximum absolute atomic E-state index is 13.9. The highest BCUT2D eigenvalue weighted by atomic mass is 32.2. The summed E-state index contributed by atoms with van der Waals surface area (Å²) in [5, 5.41) is 12.6. The molecule has 11 atom stereocenters. The van der Waals surface area contributed by atoms with Crippen LogP contribution < -0.4 is 5.32 Å². The molecule has 9 nitrogen and oxygen atoms in total. The Morgan fingerprint density at radius 2 is 1.52 bits per heavy atom. The van der Waals surface area contributed by atoms with Gasteiger partial charge in [-0.1, -0.05) is 67.5 Å². The molecule has 0 bridgehead atoms. The number of hydrogen-bond acceptors (Lipinski definition) is 6. The first kappa shape index (κ1) is 41.7. The second-order valence-corrected chi connectivity index (χ2v) is 23.7. The van der Waals surface area contributed by atoms with E-state index in [0.717, 1.165) is 64.2 Å². The van der Waals surface area contributed by atoms with E-state index in [-0.39, 0.29) is 69.4 Å². The summed E-state index contributed by atoms with van der Waals surface area (Å²) in [6, 6.07) is -0.133. The molecule has 54 heavy (non-hydrogen) atoms. The van der Waals surface area contributed by atoms with Crippen LogP contribution in [0.25, 0.3) is 0 Å². The topological polar surface area (TPSA) is 130 Å². The van der Waals surface area contributed by atoms with Crippen LogP contribution in [0.4, 0.5) is 0 Å². The maximum Gasteiger partial charge on any atom is 0.306 e. The standard InChI is InChI=1S/C44H72N2O7S/c1-28(2)30-12-20-44(24-34(47)45-29-16-23-46(27-29)54(11,51)52)22-21-40(7)31(37(30)44)13-18-43(10)41(8)17-15-33(39(5,6)32(41)14-19-42(40,43)9)53-36(50)26-38(3,4)25-35(48)49/h29-33,37H,1,12-27H2,2-11H3,(H,45,47)(H,48,49)/t29-,30-,31+,32-,33-,37+,40+,41-,42-,43+,44+/m0/s1. The molecule has 10 heteroatoms. The molecule has 6 fully saturated rings. The van der Waals surface area contributed by atoms with Gasteiger partial charge in [0.05, 0.1) is 19.1 Å². The van der Waals surface area contributed by atoms with Crippen molar-refractivity contribution in [1.29, 1.82) is 0 Å². The highest BCUT2D eigenvalue weighted by Gasteiger charge is 2.75. The van der Waals surface area contributed by atoms with E-state index in [9.17, 15) is 27.9 Å². The predicted molar refractivity (Wildman–Crippen MR) is 212 cm³/mol. The van der Waals surface area contributed by atoms with Gasteiger partial charge in [-0.15, -0.1) is 0 Å². The molecule has 1 saturated heterocycles. The number of carbonyl (C=O) groups is 3. The van der Waals surface area contributed by atoms with Gasteiger partial charge in [-0.2, -0.15) is 0 Å². The van der Waals surface area contributed by atoms with Crippen molar-refractivity contribution >= 4 is 27.9 Å². The Kier molecular flexibility index (Phi) is 10.5. The molecule has 1 amide bonds. The van der Waals surface area contributed by atoms with Gasteiger partial charge in [0, 0.05) is 31.0 Å². The molecule has 0 spiro atoms. The summed E-state index contributed by atoms with van der Waals surface area (Å²) in [5.41, 5.74) is 0.625. The molecule has 5 saturated carbocycles. The number of aliphatic carboxylic acids is 1. The van der Waals surface area contributed by atoms with Gasteiger partial charge < -0.3 is 15.2 Å². The summed E-state index contributed by atoms with van der Waals surface area (Å²) in [6.07, 6.45) is 12.9. The van der Waals surface area contributed by atoms with Crippen molar-refractivity contribution in [2.75, 3.05) is 19.3 Å². The molecule has 1 heterocycles. The summed E-state index contributed by atoms with van der Waals surface area (Å²) < 4.78 is 32.1. The van der Waals surface area contributed by atoms with Crippen LogP contribution in [0.5, 0.6) is 0 Å². The minimum atomic E-state index is -3.27. The van der Waals surface area contributed by atoms with Crippen molar-refractivity contribution in [3.63, 3.8) is 0 Å². The summed E-state index contributed by atoms with van der Waals surface area (Å²) in [5.74, 6) is 0.579. The van der Waals surface area contributed by atoms with Crippen LogP contribution >= 0.6 is 0 Å². The van der Waals surface area contributed by atoms with Crippen molar-refractivity contribution in [3.8, 4) is 0 Å². The zero-order valence-electron chi connectivity index (χ0n) is 35.2. The van der Waals surface area contributed by atoms with E-state index in [2.05, 4.69) is 60.4 Å². The van der Waals surface area contributed by atoms with Gasteiger partial charge >= 0.3 is 11.9 Å². The van der Waals surface area contributed by atoms with Crippen molar-refractivity contribution in [2.45, 2.75) is 164 Å². The third-order valence-electron chi connectivity index (χ3n) is 18.2. The molecule has 2 N–H and O–H groups in total. The van der Waals surface area contributed by atoms with E-state index >= 15 is 0 Å². The summed E-state index contributed by atoms with van der Waals surface area (Å²) >= 11 is 0. The summed E-state index contributed by atoms with van der Waals surface area (Å²) in [4.78, 5) is 38.7. The first-order valence-electron chi connectivity index (χ1n) is 21.1. The maximum atomic E-state index is 13.9. The number of amides is 1. The zero-order chi connectivity index (χ0) is 40.1. The lowest BCUT2D eigenvalue weighted by Crippen LogP contribution is -2.71. The van der Waals surface area contributed by atoms with E-state index < -0.39 is 21.4 Å². The van der Waals surface area contributed by atoms with Crippen molar-refractivity contribution in [2.24, 2.45) is 61.6 Å². The Morgan fingerprint density at radius 3 is 2.13 bits per heavy atom. The molecule has 0 radical (unpaired) electrons. The van der Waals surface area contributed by atoms with Crippen molar-refractivity contribution < 1.29 is 32.6 Å². The predicted octanol–water partition coefficient (Wildman–Crippen LogP) is 8.38. The molecule has 5 aliphatic carbocycles. The molecule has 0 aromatic rings. The number of sulfonamides is 1. The molecule has 6 aliphatic rings.